The van der Waals surface area contributed by atoms with E-state index in [2.05, 4.69) is 5.32 Å². The summed E-state index contributed by atoms with van der Waals surface area (Å²) in [4.78, 5) is 11.7. The summed E-state index contributed by atoms with van der Waals surface area (Å²) in [5.74, 6) is 0.112. The number of amides is 1. The first-order chi connectivity index (χ1) is 11.1. The molecule has 0 fully saturated rings. The summed E-state index contributed by atoms with van der Waals surface area (Å²) < 4.78 is 42.5. The van der Waals surface area contributed by atoms with Crippen LogP contribution in [0, 0.1) is 5.92 Å². The van der Waals surface area contributed by atoms with Gasteiger partial charge in [-0.1, -0.05) is 13.8 Å². The lowest BCUT2D eigenvalue weighted by atomic mass is 10.0. The molecule has 0 saturated heterocycles. The molecule has 0 heterocycles. The molecular formula is C16H24ClF3N2O3. The van der Waals surface area contributed by atoms with Crippen LogP contribution in [0.5, 0.6) is 5.75 Å². The minimum atomic E-state index is -4.41. The van der Waals surface area contributed by atoms with Gasteiger partial charge in [-0.3, -0.25) is 4.79 Å². The topological polar surface area (TPSA) is 84.6 Å². The molecule has 0 spiro atoms. The number of carbonyl (C=O) groups excluding carboxylic acids is 1. The standard InChI is InChI=1S/C16H23F3N2O3.ClH/c1-10(2)7-14(20)15(23)21-8-12(22)9-24-13-5-3-11(4-6-13)16(17,18)19;/h3-6,10,12,14,22H,7-9,20H2,1-2H3,(H,21,23);1H/t12?,14-;/m0./s1. The summed E-state index contributed by atoms with van der Waals surface area (Å²) >= 11 is 0. The Labute approximate surface area is 151 Å². The molecule has 0 aromatic heterocycles. The van der Waals surface area contributed by atoms with Gasteiger partial charge in [-0.25, -0.2) is 0 Å². The average Bonchev–Trinajstić information content (AvgIpc) is 2.49. The Kier molecular flexibility index (Phi) is 9.84. The van der Waals surface area contributed by atoms with E-state index in [1.54, 1.807) is 0 Å². The van der Waals surface area contributed by atoms with Gasteiger partial charge in [-0.15, -0.1) is 12.4 Å². The highest BCUT2D eigenvalue weighted by molar-refractivity contribution is 5.85. The van der Waals surface area contributed by atoms with Crippen LogP contribution in [-0.4, -0.2) is 36.3 Å². The predicted octanol–water partition coefficient (Wildman–Crippen LogP) is 2.36. The largest absolute Gasteiger partial charge is 0.491 e. The molecule has 4 N–H and O–H groups in total. The number of halogens is 4. The van der Waals surface area contributed by atoms with Crippen molar-refractivity contribution in [3.8, 4) is 5.75 Å². The van der Waals surface area contributed by atoms with Gasteiger partial charge in [0.15, 0.2) is 0 Å². The van der Waals surface area contributed by atoms with Gasteiger partial charge in [0.2, 0.25) is 5.91 Å². The van der Waals surface area contributed by atoms with Gasteiger partial charge in [0.05, 0.1) is 11.6 Å². The minimum absolute atomic E-state index is 0. The molecule has 0 radical (unpaired) electrons. The Balaban J connectivity index is 0.00000576. The van der Waals surface area contributed by atoms with Crippen molar-refractivity contribution in [2.75, 3.05) is 13.2 Å². The molecule has 9 heteroatoms. The summed E-state index contributed by atoms with van der Waals surface area (Å²) in [6, 6.07) is 3.50. The highest BCUT2D eigenvalue weighted by atomic mass is 35.5. The summed E-state index contributed by atoms with van der Waals surface area (Å²) in [6.45, 7) is 3.68. The molecule has 1 aromatic carbocycles. The number of hydrogen-bond acceptors (Lipinski definition) is 4. The van der Waals surface area contributed by atoms with Crippen LogP contribution < -0.4 is 15.8 Å². The van der Waals surface area contributed by atoms with Crippen LogP contribution in [0.25, 0.3) is 0 Å². The van der Waals surface area contributed by atoms with E-state index in [-0.39, 0.29) is 43.1 Å². The van der Waals surface area contributed by atoms with Gasteiger partial charge in [-0.05, 0) is 36.6 Å². The summed E-state index contributed by atoms with van der Waals surface area (Å²) in [5, 5.41) is 12.3. The van der Waals surface area contributed by atoms with E-state index in [0.717, 1.165) is 12.1 Å². The monoisotopic (exact) mass is 384 g/mol. The average molecular weight is 385 g/mol. The molecule has 1 unspecified atom stereocenters. The van der Waals surface area contributed by atoms with Crippen LogP contribution >= 0.6 is 12.4 Å². The highest BCUT2D eigenvalue weighted by Crippen LogP contribution is 2.30. The van der Waals surface area contributed by atoms with Crippen molar-refractivity contribution in [2.45, 2.75) is 38.6 Å². The van der Waals surface area contributed by atoms with Crippen molar-refractivity contribution in [2.24, 2.45) is 11.7 Å². The fraction of sp³-hybridized carbons (Fsp3) is 0.562. The zero-order valence-electron chi connectivity index (χ0n) is 14.0. The lowest BCUT2D eigenvalue weighted by Crippen LogP contribution is -2.45. The van der Waals surface area contributed by atoms with E-state index in [4.69, 9.17) is 10.5 Å². The third kappa shape index (κ3) is 8.94. The molecule has 1 rings (SSSR count). The zero-order valence-corrected chi connectivity index (χ0v) is 14.9. The lowest BCUT2D eigenvalue weighted by Gasteiger charge is -2.17. The molecule has 144 valence electrons. The van der Waals surface area contributed by atoms with E-state index in [9.17, 15) is 23.1 Å². The van der Waals surface area contributed by atoms with E-state index < -0.39 is 23.9 Å². The number of aliphatic hydroxyl groups excluding tert-OH is 1. The van der Waals surface area contributed by atoms with Crippen LogP contribution in [0.2, 0.25) is 0 Å². The van der Waals surface area contributed by atoms with Gasteiger partial charge in [0, 0.05) is 6.54 Å². The zero-order chi connectivity index (χ0) is 18.3. The number of rotatable bonds is 8. The Morgan fingerprint density at radius 2 is 1.84 bits per heavy atom. The molecule has 0 aliphatic rings. The summed E-state index contributed by atoms with van der Waals surface area (Å²) in [5.41, 5.74) is 4.93. The Bertz CT molecular complexity index is 524. The molecule has 25 heavy (non-hydrogen) atoms. The molecule has 0 aliphatic carbocycles. The van der Waals surface area contributed by atoms with E-state index in [1.807, 2.05) is 13.8 Å². The van der Waals surface area contributed by atoms with Gasteiger partial charge in [-0.2, -0.15) is 13.2 Å². The van der Waals surface area contributed by atoms with Crippen molar-refractivity contribution < 1.29 is 27.8 Å². The van der Waals surface area contributed by atoms with Crippen molar-refractivity contribution in [1.82, 2.24) is 5.32 Å². The van der Waals surface area contributed by atoms with Crippen LogP contribution in [0.15, 0.2) is 24.3 Å². The Hall–Kier alpha value is -1.51. The molecule has 5 nitrogen and oxygen atoms in total. The number of nitrogens with two attached hydrogens (primary N) is 1. The van der Waals surface area contributed by atoms with Gasteiger partial charge < -0.3 is 20.9 Å². The summed E-state index contributed by atoms with van der Waals surface area (Å²) in [6.07, 6.45) is -4.87. The number of ether oxygens (including phenoxy) is 1. The van der Waals surface area contributed by atoms with Crippen molar-refractivity contribution >= 4 is 18.3 Å². The number of alkyl halides is 3. The maximum absolute atomic E-state index is 12.4. The second-order valence-corrected chi connectivity index (χ2v) is 5.97. The van der Waals surface area contributed by atoms with Crippen molar-refractivity contribution in [1.29, 1.82) is 0 Å². The Morgan fingerprint density at radius 1 is 1.28 bits per heavy atom. The first-order valence-corrected chi connectivity index (χ1v) is 7.61. The molecule has 0 saturated carbocycles. The fourth-order valence-corrected chi connectivity index (χ4v) is 1.96. The van der Waals surface area contributed by atoms with E-state index in [1.165, 1.54) is 12.1 Å². The van der Waals surface area contributed by atoms with Gasteiger partial charge in [0.1, 0.15) is 18.5 Å². The maximum Gasteiger partial charge on any atom is 0.416 e. The van der Waals surface area contributed by atoms with Crippen LogP contribution in [0.4, 0.5) is 13.2 Å². The maximum atomic E-state index is 12.4. The van der Waals surface area contributed by atoms with Crippen molar-refractivity contribution in [3.63, 3.8) is 0 Å². The fourth-order valence-electron chi connectivity index (χ4n) is 1.96. The third-order valence-corrected chi connectivity index (χ3v) is 3.20. The molecule has 0 bridgehead atoms. The first-order valence-electron chi connectivity index (χ1n) is 7.61. The third-order valence-electron chi connectivity index (χ3n) is 3.20. The number of hydrogen-bond donors (Lipinski definition) is 3. The lowest BCUT2D eigenvalue weighted by molar-refractivity contribution is -0.137. The number of carbonyl (C=O) groups is 1. The SMILES string of the molecule is CC(C)C[C@H](N)C(=O)NCC(O)COc1ccc(C(F)(F)F)cc1.Cl. The second-order valence-electron chi connectivity index (χ2n) is 5.97. The minimum Gasteiger partial charge on any atom is -0.491 e. The molecule has 0 aliphatic heterocycles. The number of benzene rings is 1. The molecule has 1 aromatic rings. The molecule has 1 amide bonds. The van der Waals surface area contributed by atoms with E-state index >= 15 is 0 Å². The normalized spacial score (nSPS) is 13.8. The number of aliphatic hydroxyl groups is 1. The van der Waals surface area contributed by atoms with Crippen LogP contribution in [0.3, 0.4) is 0 Å². The summed E-state index contributed by atoms with van der Waals surface area (Å²) in [7, 11) is 0. The number of nitrogens with one attached hydrogen (secondary N) is 1. The second kappa shape index (κ2) is 10.5. The predicted molar refractivity (Wildman–Crippen MR) is 90.6 cm³/mol. The quantitative estimate of drug-likeness (QED) is 0.642. The van der Waals surface area contributed by atoms with Gasteiger partial charge in [0.25, 0.3) is 0 Å². The smallest absolute Gasteiger partial charge is 0.416 e. The highest BCUT2D eigenvalue weighted by Gasteiger charge is 2.30. The van der Waals surface area contributed by atoms with Crippen molar-refractivity contribution in [3.05, 3.63) is 29.8 Å². The first kappa shape index (κ1) is 23.5. The van der Waals surface area contributed by atoms with Crippen LogP contribution in [-0.2, 0) is 11.0 Å². The Morgan fingerprint density at radius 3 is 2.32 bits per heavy atom. The molecule has 2 atom stereocenters. The molecular weight excluding hydrogens is 361 g/mol. The van der Waals surface area contributed by atoms with E-state index in [0.29, 0.717) is 6.42 Å². The van der Waals surface area contributed by atoms with Crippen LogP contribution in [0.1, 0.15) is 25.8 Å². The van der Waals surface area contributed by atoms with Gasteiger partial charge >= 0.3 is 6.18 Å².